The first-order valence-corrected chi connectivity index (χ1v) is 9.53. The normalized spacial score (nSPS) is 13.4. The van der Waals surface area contributed by atoms with Crippen LogP contribution in [-0.2, 0) is 6.54 Å². The lowest BCUT2D eigenvalue weighted by Crippen LogP contribution is -2.43. The Morgan fingerprint density at radius 2 is 1.69 bits per heavy atom. The van der Waals surface area contributed by atoms with Crippen molar-refractivity contribution < 1.29 is 14.7 Å². The van der Waals surface area contributed by atoms with E-state index in [4.69, 9.17) is 0 Å². The number of anilines is 1. The Kier molecular flexibility index (Phi) is 4.94. The van der Waals surface area contributed by atoms with Crippen molar-refractivity contribution in [2.24, 2.45) is 0 Å². The third-order valence-electron chi connectivity index (χ3n) is 5.13. The summed E-state index contributed by atoms with van der Waals surface area (Å²) in [4.78, 5) is 29.3. The standard InChI is InChI=1S/C23H23N3O3/c1-25(2)10-11-26-22(28)19-5-3-4-16-12-17(13-20(21(16)19)23(26)29)24-14-15-6-8-18(27)9-7-15/h3-9,12-13,24,27H,10-11,14H2,1-2H3. The number of nitrogens with one attached hydrogen (secondary N) is 1. The molecule has 2 N–H and O–H groups in total. The molecule has 0 saturated carbocycles. The number of likely N-dealkylation sites (N-methyl/N-ethyl adjacent to an activating group) is 1. The van der Waals surface area contributed by atoms with Crippen LogP contribution in [0.1, 0.15) is 26.3 Å². The van der Waals surface area contributed by atoms with Gasteiger partial charge in [0.25, 0.3) is 11.8 Å². The van der Waals surface area contributed by atoms with Gasteiger partial charge in [0, 0.05) is 36.3 Å². The maximum absolute atomic E-state index is 13.1. The van der Waals surface area contributed by atoms with Crippen molar-refractivity contribution in [2.45, 2.75) is 6.54 Å². The molecule has 0 aromatic heterocycles. The molecule has 0 spiro atoms. The first kappa shape index (κ1) is 19.0. The van der Waals surface area contributed by atoms with Crippen molar-refractivity contribution in [1.29, 1.82) is 0 Å². The Labute approximate surface area is 169 Å². The summed E-state index contributed by atoms with van der Waals surface area (Å²) < 4.78 is 0. The number of amides is 2. The van der Waals surface area contributed by atoms with Crippen LogP contribution in [0.3, 0.4) is 0 Å². The molecule has 6 nitrogen and oxygen atoms in total. The van der Waals surface area contributed by atoms with Crippen LogP contribution in [0.25, 0.3) is 10.8 Å². The first-order valence-electron chi connectivity index (χ1n) is 9.53. The summed E-state index contributed by atoms with van der Waals surface area (Å²) in [6.45, 7) is 1.52. The number of nitrogens with zero attached hydrogens (tertiary/aromatic N) is 2. The Balaban J connectivity index is 1.68. The Hall–Kier alpha value is -3.38. The number of carbonyl (C=O) groups excluding carboxylic acids is 2. The van der Waals surface area contributed by atoms with Crippen molar-refractivity contribution in [2.75, 3.05) is 32.5 Å². The maximum atomic E-state index is 13.1. The Morgan fingerprint density at radius 3 is 2.41 bits per heavy atom. The van der Waals surface area contributed by atoms with E-state index in [0.29, 0.717) is 30.8 Å². The van der Waals surface area contributed by atoms with Gasteiger partial charge in [-0.05, 0) is 55.4 Å². The lowest BCUT2D eigenvalue weighted by Gasteiger charge is -2.28. The molecule has 148 valence electrons. The quantitative estimate of drug-likeness (QED) is 0.633. The summed E-state index contributed by atoms with van der Waals surface area (Å²) >= 11 is 0. The van der Waals surface area contributed by atoms with Crippen molar-refractivity contribution in [3.8, 4) is 5.75 Å². The minimum absolute atomic E-state index is 0.226. The predicted octanol–water partition coefficient (Wildman–Crippen LogP) is 3.32. The van der Waals surface area contributed by atoms with Gasteiger partial charge in [0.15, 0.2) is 0 Å². The number of benzene rings is 3. The Morgan fingerprint density at radius 1 is 0.966 bits per heavy atom. The molecule has 3 aromatic rings. The van der Waals surface area contributed by atoms with Gasteiger partial charge in [0.1, 0.15) is 5.75 Å². The molecule has 1 aliphatic rings. The minimum atomic E-state index is -0.256. The van der Waals surface area contributed by atoms with E-state index in [1.807, 2.05) is 55.4 Å². The van der Waals surface area contributed by atoms with Crippen molar-refractivity contribution in [3.05, 3.63) is 71.3 Å². The molecular formula is C23H23N3O3. The topological polar surface area (TPSA) is 72.9 Å². The fraction of sp³-hybridized carbons (Fsp3) is 0.217. The molecule has 4 rings (SSSR count). The smallest absolute Gasteiger partial charge is 0.261 e. The van der Waals surface area contributed by atoms with Gasteiger partial charge >= 0.3 is 0 Å². The predicted molar refractivity (Wildman–Crippen MR) is 113 cm³/mol. The number of rotatable bonds is 6. The van der Waals surface area contributed by atoms with Gasteiger partial charge in [-0.3, -0.25) is 14.5 Å². The maximum Gasteiger partial charge on any atom is 0.261 e. The number of hydrogen-bond donors (Lipinski definition) is 2. The van der Waals surface area contributed by atoms with Gasteiger partial charge in [0.2, 0.25) is 0 Å². The zero-order valence-electron chi connectivity index (χ0n) is 16.5. The number of phenolic OH excluding ortho intramolecular Hbond substituents is 1. The van der Waals surface area contributed by atoms with Gasteiger partial charge < -0.3 is 15.3 Å². The molecule has 29 heavy (non-hydrogen) atoms. The van der Waals surface area contributed by atoms with Crippen LogP contribution < -0.4 is 5.32 Å². The second-order valence-corrected chi connectivity index (χ2v) is 7.51. The third-order valence-corrected chi connectivity index (χ3v) is 5.13. The van der Waals surface area contributed by atoms with E-state index >= 15 is 0 Å². The van der Waals surface area contributed by atoms with E-state index in [-0.39, 0.29) is 17.6 Å². The molecule has 0 saturated heterocycles. The fourth-order valence-electron chi connectivity index (χ4n) is 3.58. The van der Waals surface area contributed by atoms with Crippen LogP contribution in [0.15, 0.2) is 54.6 Å². The summed E-state index contributed by atoms with van der Waals surface area (Å²) in [5, 5.41) is 14.3. The second kappa shape index (κ2) is 7.56. The van der Waals surface area contributed by atoms with E-state index in [0.717, 1.165) is 22.0 Å². The highest BCUT2D eigenvalue weighted by Crippen LogP contribution is 2.33. The minimum Gasteiger partial charge on any atom is -0.508 e. The SMILES string of the molecule is CN(C)CCN1C(=O)c2cccc3cc(NCc4ccc(O)cc4)cc(c23)C1=O. The molecule has 0 radical (unpaired) electrons. The van der Waals surface area contributed by atoms with E-state index in [9.17, 15) is 14.7 Å². The van der Waals surface area contributed by atoms with Crippen LogP contribution >= 0.6 is 0 Å². The molecule has 1 aliphatic heterocycles. The highest BCUT2D eigenvalue weighted by molar-refractivity contribution is 6.25. The van der Waals surface area contributed by atoms with Gasteiger partial charge in [-0.15, -0.1) is 0 Å². The summed E-state index contributed by atoms with van der Waals surface area (Å²) in [7, 11) is 3.83. The molecule has 0 bridgehead atoms. The van der Waals surface area contributed by atoms with Gasteiger partial charge in [-0.1, -0.05) is 24.3 Å². The molecule has 0 unspecified atom stereocenters. The highest BCUT2D eigenvalue weighted by Gasteiger charge is 2.32. The Bertz CT molecular complexity index is 1090. The van der Waals surface area contributed by atoms with Crippen molar-refractivity contribution in [1.82, 2.24) is 9.80 Å². The lowest BCUT2D eigenvalue weighted by atomic mass is 9.93. The van der Waals surface area contributed by atoms with Gasteiger partial charge in [-0.25, -0.2) is 0 Å². The molecule has 2 amide bonds. The molecule has 3 aromatic carbocycles. The third kappa shape index (κ3) is 3.67. The monoisotopic (exact) mass is 389 g/mol. The van der Waals surface area contributed by atoms with Crippen LogP contribution in [0, 0.1) is 0 Å². The lowest BCUT2D eigenvalue weighted by molar-refractivity contribution is 0.0601. The van der Waals surface area contributed by atoms with Crippen LogP contribution in [-0.4, -0.2) is 53.9 Å². The average Bonchev–Trinajstić information content (AvgIpc) is 2.71. The summed E-state index contributed by atoms with van der Waals surface area (Å²) in [5.74, 6) is -0.266. The van der Waals surface area contributed by atoms with E-state index < -0.39 is 0 Å². The molecule has 0 fully saturated rings. The van der Waals surface area contributed by atoms with Crippen LogP contribution in [0.4, 0.5) is 5.69 Å². The number of aromatic hydroxyl groups is 1. The van der Waals surface area contributed by atoms with Crippen molar-refractivity contribution in [3.63, 3.8) is 0 Å². The molecular weight excluding hydrogens is 366 g/mol. The van der Waals surface area contributed by atoms with Crippen LogP contribution in [0.2, 0.25) is 0 Å². The van der Waals surface area contributed by atoms with Gasteiger partial charge in [0.05, 0.1) is 5.56 Å². The zero-order valence-corrected chi connectivity index (χ0v) is 16.5. The average molecular weight is 389 g/mol. The molecule has 0 aliphatic carbocycles. The fourth-order valence-corrected chi connectivity index (χ4v) is 3.58. The van der Waals surface area contributed by atoms with E-state index in [1.54, 1.807) is 18.2 Å². The summed E-state index contributed by atoms with van der Waals surface area (Å²) in [5.41, 5.74) is 2.94. The molecule has 1 heterocycles. The largest absolute Gasteiger partial charge is 0.508 e. The first-order chi connectivity index (χ1) is 13.9. The van der Waals surface area contributed by atoms with Gasteiger partial charge in [-0.2, -0.15) is 0 Å². The number of carbonyl (C=O) groups is 2. The summed E-state index contributed by atoms with van der Waals surface area (Å²) in [6.07, 6.45) is 0. The van der Waals surface area contributed by atoms with E-state index in [2.05, 4.69) is 5.32 Å². The second-order valence-electron chi connectivity index (χ2n) is 7.51. The number of phenols is 1. The van der Waals surface area contributed by atoms with Crippen molar-refractivity contribution >= 4 is 28.3 Å². The zero-order chi connectivity index (χ0) is 20.5. The summed E-state index contributed by atoms with van der Waals surface area (Å²) in [6, 6.07) is 16.3. The molecule has 0 atom stereocenters. The number of hydrogen-bond acceptors (Lipinski definition) is 5. The van der Waals surface area contributed by atoms with E-state index in [1.165, 1.54) is 4.90 Å². The molecule has 6 heteroatoms. The highest BCUT2D eigenvalue weighted by atomic mass is 16.3. The number of imide groups is 1. The van der Waals surface area contributed by atoms with Crippen LogP contribution in [0.5, 0.6) is 5.75 Å².